The topological polar surface area (TPSA) is 47.4 Å². The lowest BCUT2D eigenvalue weighted by Gasteiger charge is -2.45. The van der Waals surface area contributed by atoms with E-state index in [1.165, 1.54) is 11.1 Å². The van der Waals surface area contributed by atoms with Gasteiger partial charge >= 0.3 is 0 Å². The minimum Gasteiger partial charge on any atom is -0.484 e. The number of amides is 1. The number of aryl methyl sites for hydroxylation is 2. The second kappa shape index (κ2) is 6.34. The molecular formula is C25H27N3O2. The molecule has 3 aliphatic rings. The fourth-order valence-corrected chi connectivity index (χ4v) is 5.77. The predicted molar refractivity (Wildman–Crippen MR) is 116 cm³/mol. The molecule has 1 unspecified atom stereocenters. The average Bonchev–Trinajstić information content (AvgIpc) is 3.24. The zero-order valence-electron chi connectivity index (χ0n) is 17.6. The summed E-state index contributed by atoms with van der Waals surface area (Å²) in [5.74, 6) is 2.14. The van der Waals surface area contributed by atoms with Crippen LogP contribution in [0.4, 0.5) is 0 Å². The number of imidazole rings is 1. The predicted octanol–water partition coefficient (Wildman–Crippen LogP) is 4.26. The maximum Gasteiger partial charge on any atom is 0.223 e. The fraction of sp³-hybridized carbons (Fsp3) is 0.440. The van der Waals surface area contributed by atoms with Gasteiger partial charge in [-0.15, -0.1) is 0 Å². The summed E-state index contributed by atoms with van der Waals surface area (Å²) in [6.45, 7) is 2.87. The molecule has 5 nitrogen and oxygen atoms in total. The average molecular weight is 402 g/mol. The Morgan fingerprint density at radius 2 is 1.87 bits per heavy atom. The second-order valence-corrected chi connectivity index (χ2v) is 9.24. The Labute approximate surface area is 176 Å². The van der Waals surface area contributed by atoms with E-state index in [1.54, 1.807) is 0 Å². The molecule has 0 saturated carbocycles. The summed E-state index contributed by atoms with van der Waals surface area (Å²) in [6.07, 6.45) is 5.37. The van der Waals surface area contributed by atoms with Crippen molar-refractivity contribution < 1.29 is 9.53 Å². The highest BCUT2D eigenvalue weighted by atomic mass is 16.5. The van der Waals surface area contributed by atoms with Crippen molar-refractivity contribution in [3.05, 3.63) is 58.9 Å². The molecule has 1 fully saturated rings. The first-order chi connectivity index (χ1) is 14.5. The van der Waals surface area contributed by atoms with Crippen LogP contribution in [0.2, 0.25) is 0 Å². The summed E-state index contributed by atoms with van der Waals surface area (Å²) in [4.78, 5) is 19.9. The van der Waals surface area contributed by atoms with Gasteiger partial charge in [0.2, 0.25) is 5.91 Å². The Hall–Kier alpha value is -2.82. The number of carbonyl (C=O) groups excluding carboxylic acids is 1. The van der Waals surface area contributed by atoms with E-state index in [0.29, 0.717) is 6.42 Å². The molecule has 1 saturated heterocycles. The smallest absolute Gasteiger partial charge is 0.223 e. The number of ether oxygens (including phenoxy) is 1. The molecule has 1 atom stereocenters. The minimum absolute atomic E-state index is 0.0579. The molecule has 0 radical (unpaired) electrons. The van der Waals surface area contributed by atoms with Crippen LogP contribution in [0, 0.1) is 6.92 Å². The van der Waals surface area contributed by atoms with Gasteiger partial charge in [0.15, 0.2) is 5.75 Å². The van der Waals surface area contributed by atoms with Gasteiger partial charge in [-0.2, -0.15) is 0 Å². The molecule has 5 heteroatoms. The van der Waals surface area contributed by atoms with Crippen molar-refractivity contribution in [2.45, 2.75) is 57.1 Å². The second-order valence-electron chi connectivity index (χ2n) is 9.24. The Morgan fingerprint density at radius 1 is 1.10 bits per heavy atom. The summed E-state index contributed by atoms with van der Waals surface area (Å²) < 4.78 is 9.00. The number of likely N-dealkylation sites (tertiary alicyclic amines) is 1. The summed E-state index contributed by atoms with van der Waals surface area (Å²) in [6, 6.07) is 13.0. The SMILES string of the molecule is Cc1nc2c3c(ccc2n1C)C(N1CCCCC1=O)CC1(Cc2ccccc2C1)O3. The molecule has 0 bridgehead atoms. The van der Waals surface area contributed by atoms with Crippen molar-refractivity contribution in [2.75, 3.05) is 6.54 Å². The third-order valence-electron chi connectivity index (χ3n) is 7.38. The Morgan fingerprint density at radius 3 is 2.60 bits per heavy atom. The molecule has 30 heavy (non-hydrogen) atoms. The highest BCUT2D eigenvalue weighted by Gasteiger charge is 2.48. The molecule has 2 aliphatic heterocycles. The van der Waals surface area contributed by atoms with Gasteiger partial charge in [-0.1, -0.05) is 30.3 Å². The number of rotatable bonds is 1. The van der Waals surface area contributed by atoms with Gasteiger partial charge in [0.25, 0.3) is 0 Å². The third kappa shape index (κ3) is 2.54. The maximum atomic E-state index is 12.9. The normalized spacial score (nSPS) is 22.3. The molecule has 2 aromatic carbocycles. The van der Waals surface area contributed by atoms with Crippen LogP contribution in [0.1, 0.15) is 54.2 Å². The van der Waals surface area contributed by atoms with E-state index in [-0.39, 0.29) is 17.6 Å². The maximum absolute atomic E-state index is 12.9. The van der Waals surface area contributed by atoms with Crippen molar-refractivity contribution >= 4 is 16.9 Å². The van der Waals surface area contributed by atoms with Gasteiger partial charge in [0.1, 0.15) is 16.9 Å². The van der Waals surface area contributed by atoms with Gasteiger partial charge in [-0.25, -0.2) is 4.98 Å². The van der Waals surface area contributed by atoms with E-state index in [2.05, 4.69) is 45.9 Å². The molecule has 3 heterocycles. The molecule has 1 aromatic heterocycles. The molecule has 154 valence electrons. The van der Waals surface area contributed by atoms with Crippen LogP contribution in [0.15, 0.2) is 36.4 Å². The molecule has 1 amide bonds. The number of piperidine rings is 1. The number of hydrogen-bond donors (Lipinski definition) is 0. The molecule has 6 rings (SSSR count). The van der Waals surface area contributed by atoms with E-state index in [9.17, 15) is 4.79 Å². The van der Waals surface area contributed by atoms with Crippen LogP contribution in [-0.4, -0.2) is 32.5 Å². The largest absolute Gasteiger partial charge is 0.484 e. The number of nitrogens with zero attached hydrogens (tertiary/aromatic N) is 3. The van der Waals surface area contributed by atoms with E-state index >= 15 is 0 Å². The van der Waals surface area contributed by atoms with Gasteiger partial charge < -0.3 is 14.2 Å². The Kier molecular flexibility index (Phi) is 3.80. The zero-order valence-corrected chi connectivity index (χ0v) is 17.6. The summed E-state index contributed by atoms with van der Waals surface area (Å²) in [7, 11) is 2.05. The highest BCUT2D eigenvalue weighted by Crippen LogP contribution is 2.50. The van der Waals surface area contributed by atoms with Crippen LogP contribution < -0.4 is 4.74 Å². The zero-order chi connectivity index (χ0) is 20.5. The number of aromatic nitrogens is 2. The van der Waals surface area contributed by atoms with Crippen molar-refractivity contribution in [3.63, 3.8) is 0 Å². The van der Waals surface area contributed by atoms with Crippen molar-refractivity contribution in [1.82, 2.24) is 14.5 Å². The third-order valence-corrected chi connectivity index (χ3v) is 7.38. The lowest BCUT2D eigenvalue weighted by Crippen LogP contribution is -2.48. The highest BCUT2D eigenvalue weighted by molar-refractivity contribution is 5.85. The van der Waals surface area contributed by atoms with Crippen LogP contribution >= 0.6 is 0 Å². The lowest BCUT2D eigenvalue weighted by atomic mass is 9.83. The summed E-state index contributed by atoms with van der Waals surface area (Å²) >= 11 is 0. The quantitative estimate of drug-likeness (QED) is 0.612. The first-order valence-corrected chi connectivity index (χ1v) is 11.1. The van der Waals surface area contributed by atoms with Crippen LogP contribution in [-0.2, 0) is 24.7 Å². The number of fused-ring (bicyclic) bond motifs is 4. The van der Waals surface area contributed by atoms with Gasteiger partial charge in [0.05, 0.1) is 11.6 Å². The van der Waals surface area contributed by atoms with E-state index < -0.39 is 0 Å². The van der Waals surface area contributed by atoms with E-state index in [4.69, 9.17) is 9.72 Å². The van der Waals surface area contributed by atoms with Crippen molar-refractivity contribution in [1.29, 1.82) is 0 Å². The molecule has 1 spiro atoms. The monoisotopic (exact) mass is 401 g/mol. The van der Waals surface area contributed by atoms with Gasteiger partial charge in [-0.05, 0) is 37.0 Å². The van der Waals surface area contributed by atoms with Crippen LogP contribution in [0.5, 0.6) is 5.75 Å². The first-order valence-electron chi connectivity index (χ1n) is 11.1. The van der Waals surface area contributed by atoms with E-state index in [1.807, 2.05) is 14.0 Å². The number of hydrogen-bond acceptors (Lipinski definition) is 3. The number of carbonyl (C=O) groups is 1. The lowest BCUT2D eigenvalue weighted by molar-refractivity contribution is -0.138. The molecule has 0 N–H and O–H groups in total. The fourth-order valence-electron chi connectivity index (χ4n) is 5.77. The molecular weight excluding hydrogens is 374 g/mol. The number of benzene rings is 2. The summed E-state index contributed by atoms with van der Waals surface area (Å²) in [5.41, 5.74) is 5.57. The van der Waals surface area contributed by atoms with Gasteiger partial charge in [-0.3, -0.25) is 4.79 Å². The standard InChI is InChI=1S/C25H27N3O2/c1-16-26-23-20(27(16)2)11-10-19-21(28-12-6-5-9-22(28)29)15-25(30-24(19)23)13-17-7-3-4-8-18(17)14-25/h3-4,7-8,10-11,21H,5-6,9,12-15H2,1-2H3. The Bertz CT molecular complexity index is 1150. The Balaban J connectivity index is 1.52. The first kappa shape index (κ1) is 18.0. The molecule has 3 aromatic rings. The van der Waals surface area contributed by atoms with Gasteiger partial charge in [0, 0.05) is 44.8 Å². The molecule has 1 aliphatic carbocycles. The van der Waals surface area contributed by atoms with Crippen molar-refractivity contribution in [2.24, 2.45) is 7.05 Å². The van der Waals surface area contributed by atoms with Crippen LogP contribution in [0.3, 0.4) is 0 Å². The minimum atomic E-state index is -0.307. The van der Waals surface area contributed by atoms with Crippen LogP contribution in [0.25, 0.3) is 11.0 Å². The van der Waals surface area contributed by atoms with E-state index in [0.717, 1.165) is 66.8 Å². The summed E-state index contributed by atoms with van der Waals surface area (Å²) in [5, 5.41) is 0. The van der Waals surface area contributed by atoms with Crippen molar-refractivity contribution in [3.8, 4) is 5.75 Å².